The summed E-state index contributed by atoms with van der Waals surface area (Å²) in [5, 5.41) is 6.01. The average molecular weight is 301 g/mol. The van der Waals surface area contributed by atoms with Crippen LogP contribution in [-0.2, 0) is 16.0 Å². The zero-order valence-electron chi connectivity index (χ0n) is 12.2. The molecule has 0 heterocycles. The van der Waals surface area contributed by atoms with Crippen LogP contribution >= 0.6 is 12.4 Å². The van der Waals surface area contributed by atoms with Crippen molar-refractivity contribution in [2.24, 2.45) is 0 Å². The van der Waals surface area contributed by atoms with Gasteiger partial charge in [-0.25, -0.2) is 0 Å². The van der Waals surface area contributed by atoms with E-state index in [0.29, 0.717) is 19.7 Å². The van der Waals surface area contributed by atoms with E-state index in [4.69, 9.17) is 4.74 Å². The zero-order chi connectivity index (χ0) is 13.9. The first kappa shape index (κ1) is 18.9. The number of halogens is 1. The fraction of sp³-hybridized carbons (Fsp3) is 0.533. The van der Waals surface area contributed by atoms with E-state index in [2.05, 4.69) is 22.8 Å². The molecule has 20 heavy (non-hydrogen) atoms. The van der Waals surface area contributed by atoms with Crippen LogP contribution in [0.2, 0.25) is 0 Å². The summed E-state index contributed by atoms with van der Waals surface area (Å²) in [7, 11) is 1.65. The summed E-state index contributed by atoms with van der Waals surface area (Å²) >= 11 is 0. The molecule has 0 aliphatic carbocycles. The SMILES string of the molecule is COCCNCC(=O)NC(C)CCc1ccccc1.Cl. The topological polar surface area (TPSA) is 50.4 Å². The van der Waals surface area contributed by atoms with Crippen LogP contribution in [0.4, 0.5) is 0 Å². The number of aryl methyl sites for hydroxylation is 1. The maximum Gasteiger partial charge on any atom is 0.234 e. The van der Waals surface area contributed by atoms with Gasteiger partial charge in [-0.3, -0.25) is 4.79 Å². The minimum Gasteiger partial charge on any atom is -0.383 e. The van der Waals surface area contributed by atoms with Crippen molar-refractivity contribution in [1.82, 2.24) is 10.6 Å². The highest BCUT2D eigenvalue weighted by Crippen LogP contribution is 2.04. The number of ether oxygens (including phenoxy) is 1. The Morgan fingerprint density at radius 1 is 1.30 bits per heavy atom. The monoisotopic (exact) mass is 300 g/mol. The summed E-state index contributed by atoms with van der Waals surface area (Å²) in [5.74, 6) is 0.0386. The van der Waals surface area contributed by atoms with E-state index in [1.54, 1.807) is 7.11 Å². The molecule has 0 spiro atoms. The summed E-state index contributed by atoms with van der Waals surface area (Å²) in [4.78, 5) is 11.6. The van der Waals surface area contributed by atoms with Crippen LogP contribution in [0, 0.1) is 0 Å². The number of hydrogen-bond donors (Lipinski definition) is 2. The van der Waals surface area contributed by atoms with Gasteiger partial charge < -0.3 is 15.4 Å². The number of amides is 1. The van der Waals surface area contributed by atoms with Gasteiger partial charge in [-0.2, -0.15) is 0 Å². The van der Waals surface area contributed by atoms with Crippen LogP contribution in [0.15, 0.2) is 30.3 Å². The third kappa shape index (κ3) is 8.91. The Hall–Kier alpha value is -1.10. The fourth-order valence-corrected chi connectivity index (χ4v) is 1.80. The van der Waals surface area contributed by atoms with Crippen molar-refractivity contribution in [2.45, 2.75) is 25.8 Å². The van der Waals surface area contributed by atoms with Crippen LogP contribution in [0.3, 0.4) is 0 Å². The predicted molar refractivity (Wildman–Crippen MR) is 84.4 cm³/mol. The molecule has 1 aromatic rings. The van der Waals surface area contributed by atoms with E-state index in [0.717, 1.165) is 12.8 Å². The van der Waals surface area contributed by atoms with Gasteiger partial charge in [0.25, 0.3) is 0 Å². The summed E-state index contributed by atoms with van der Waals surface area (Å²) < 4.78 is 4.90. The maximum atomic E-state index is 11.6. The highest BCUT2D eigenvalue weighted by molar-refractivity contribution is 5.85. The number of carbonyl (C=O) groups is 1. The van der Waals surface area contributed by atoms with Crippen LogP contribution in [-0.4, -0.2) is 38.8 Å². The molecule has 2 N–H and O–H groups in total. The molecule has 1 rings (SSSR count). The Labute approximate surface area is 127 Å². The standard InChI is InChI=1S/C15H24N2O2.ClH/c1-13(8-9-14-6-4-3-5-7-14)17-15(18)12-16-10-11-19-2;/h3-7,13,16H,8-12H2,1-2H3,(H,17,18);1H. The highest BCUT2D eigenvalue weighted by Gasteiger charge is 2.06. The summed E-state index contributed by atoms with van der Waals surface area (Å²) in [6.07, 6.45) is 1.94. The third-order valence-corrected chi connectivity index (χ3v) is 2.88. The number of rotatable bonds is 9. The second-order valence-electron chi connectivity index (χ2n) is 4.66. The molecule has 0 saturated carbocycles. The number of methoxy groups -OCH3 is 1. The lowest BCUT2D eigenvalue weighted by Gasteiger charge is -2.14. The second-order valence-corrected chi connectivity index (χ2v) is 4.66. The molecular weight excluding hydrogens is 276 g/mol. The smallest absolute Gasteiger partial charge is 0.234 e. The van der Waals surface area contributed by atoms with Crippen molar-refractivity contribution >= 4 is 18.3 Å². The van der Waals surface area contributed by atoms with Crippen LogP contribution < -0.4 is 10.6 Å². The maximum absolute atomic E-state index is 11.6. The van der Waals surface area contributed by atoms with Crippen molar-refractivity contribution in [1.29, 1.82) is 0 Å². The minimum atomic E-state index is 0. The fourth-order valence-electron chi connectivity index (χ4n) is 1.80. The number of benzene rings is 1. The van der Waals surface area contributed by atoms with Gasteiger partial charge >= 0.3 is 0 Å². The van der Waals surface area contributed by atoms with E-state index in [9.17, 15) is 4.79 Å². The Kier molecular flexibility index (Phi) is 11.1. The summed E-state index contributed by atoms with van der Waals surface area (Å²) in [6, 6.07) is 10.5. The predicted octanol–water partition coefficient (Wildman–Crippen LogP) is 1.78. The molecule has 0 bridgehead atoms. The van der Waals surface area contributed by atoms with Crippen molar-refractivity contribution in [3.63, 3.8) is 0 Å². The molecule has 1 unspecified atom stereocenters. The van der Waals surface area contributed by atoms with Crippen molar-refractivity contribution in [3.05, 3.63) is 35.9 Å². The van der Waals surface area contributed by atoms with Crippen molar-refractivity contribution in [2.75, 3.05) is 26.8 Å². The molecule has 0 saturated heterocycles. The number of carbonyl (C=O) groups excluding carboxylic acids is 1. The molecular formula is C15H25ClN2O2. The Balaban J connectivity index is 0.00000361. The zero-order valence-corrected chi connectivity index (χ0v) is 13.0. The van der Waals surface area contributed by atoms with E-state index in [-0.39, 0.29) is 24.4 Å². The number of nitrogens with one attached hydrogen (secondary N) is 2. The van der Waals surface area contributed by atoms with Crippen molar-refractivity contribution < 1.29 is 9.53 Å². The molecule has 1 amide bonds. The normalized spacial score (nSPS) is 11.5. The van der Waals surface area contributed by atoms with Gasteiger partial charge in [0.05, 0.1) is 13.2 Å². The van der Waals surface area contributed by atoms with Gasteiger partial charge in [-0.15, -0.1) is 12.4 Å². The molecule has 5 heteroatoms. The molecule has 0 aromatic heterocycles. The lowest BCUT2D eigenvalue weighted by atomic mass is 10.1. The molecule has 0 fully saturated rings. The van der Waals surface area contributed by atoms with Gasteiger partial charge in [-0.1, -0.05) is 30.3 Å². The molecule has 0 aliphatic rings. The van der Waals surface area contributed by atoms with Crippen LogP contribution in [0.25, 0.3) is 0 Å². The summed E-state index contributed by atoms with van der Waals surface area (Å²) in [5.41, 5.74) is 1.31. The molecule has 1 aromatic carbocycles. The van der Waals surface area contributed by atoms with Gasteiger partial charge in [0.2, 0.25) is 5.91 Å². The first-order valence-electron chi connectivity index (χ1n) is 6.75. The van der Waals surface area contributed by atoms with E-state index >= 15 is 0 Å². The van der Waals surface area contributed by atoms with Gasteiger partial charge in [0.15, 0.2) is 0 Å². The lowest BCUT2D eigenvalue weighted by Crippen LogP contribution is -2.40. The quantitative estimate of drug-likeness (QED) is 0.684. The lowest BCUT2D eigenvalue weighted by molar-refractivity contribution is -0.120. The Morgan fingerprint density at radius 2 is 2.00 bits per heavy atom. The molecule has 0 radical (unpaired) electrons. The number of hydrogen-bond acceptors (Lipinski definition) is 3. The molecule has 114 valence electrons. The molecule has 1 atom stereocenters. The van der Waals surface area contributed by atoms with E-state index in [1.807, 2.05) is 25.1 Å². The van der Waals surface area contributed by atoms with Crippen LogP contribution in [0.5, 0.6) is 0 Å². The molecule has 4 nitrogen and oxygen atoms in total. The second kappa shape index (κ2) is 11.7. The van der Waals surface area contributed by atoms with Gasteiger partial charge in [0.1, 0.15) is 0 Å². The Morgan fingerprint density at radius 3 is 2.65 bits per heavy atom. The van der Waals surface area contributed by atoms with Crippen molar-refractivity contribution in [3.8, 4) is 0 Å². The van der Waals surface area contributed by atoms with Gasteiger partial charge in [-0.05, 0) is 25.3 Å². The van der Waals surface area contributed by atoms with Gasteiger partial charge in [0, 0.05) is 19.7 Å². The first-order chi connectivity index (χ1) is 9.22. The minimum absolute atomic E-state index is 0. The largest absolute Gasteiger partial charge is 0.383 e. The summed E-state index contributed by atoms with van der Waals surface area (Å²) in [6.45, 7) is 3.70. The van der Waals surface area contributed by atoms with E-state index in [1.165, 1.54) is 5.56 Å². The van der Waals surface area contributed by atoms with E-state index < -0.39 is 0 Å². The third-order valence-electron chi connectivity index (χ3n) is 2.88. The first-order valence-corrected chi connectivity index (χ1v) is 6.75. The Bertz CT molecular complexity index is 360. The average Bonchev–Trinajstić information content (AvgIpc) is 2.42. The molecule has 0 aliphatic heterocycles. The van der Waals surface area contributed by atoms with Crippen LogP contribution in [0.1, 0.15) is 18.9 Å². The highest BCUT2D eigenvalue weighted by atomic mass is 35.5.